The zero-order valence-corrected chi connectivity index (χ0v) is 15.9. The van der Waals surface area contributed by atoms with Crippen LogP contribution in [0.4, 0.5) is 5.69 Å². The molecular formula is C21H27N3O2. The number of rotatable bonds is 4. The van der Waals surface area contributed by atoms with Crippen molar-refractivity contribution in [3.63, 3.8) is 0 Å². The molecule has 1 saturated carbocycles. The van der Waals surface area contributed by atoms with E-state index in [1.165, 1.54) is 18.5 Å². The minimum Gasteiger partial charge on any atom is -0.495 e. The molecule has 1 aliphatic heterocycles. The second kappa shape index (κ2) is 6.71. The zero-order valence-electron chi connectivity index (χ0n) is 15.9. The molecule has 1 saturated heterocycles. The third-order valence-electron chi connectivity index (χ3n) is 5.62. The Morgan fingerprint density at radius 3 is 2.42 bits per heavy atom. The predicted octanol–water partition coefficient (Wildman–Crippen LogP) is 3.41. The average Bonchev–Trinajstić information content (AvgIpc) is 3.46. The van der Waals surface area contributed by atoms with E-state index in [0.29, 0.717) is 6.04 Å². The lowest BCUT2D eigenvalue weighted by Gasteiger charge is -2.36. The highest BCUT2D eigenvalue weighted by Gasteiger charge is 2.30. The Morgan fingerprint density at radius 1 is 1.08 bits per heavy atom. The van der Waals surface area contributed by atoms with Gasteiger partial charge in [-0.1, -0.05) is 12.1 Å². The van der Waals surface area contributed by atoms with Gasteiger partial charge in [-0.25, -0.2) is 0 Å². The van der Waals surface area contributed by atoms with Crippen LogP contribution in [0.25, 0.3) is 0 Å². The summed E-state index contributed by atoms with van der Waals surface area (Å²) in [5, 5.41) is 0. The minimum atomic E-state index is 0.171. The number of para-hydroxylation sites is 2. The van der Waals surface area contributed by atoms with Gasteiger partial charge in [0.15, 0.2) is 0 Å². The van der Waals surface area contributed by atoms with Gasteiger partial charge in [0.1, 0.15) is 5.75 Å². The molecule has 26 heavy (non-hydrogen) atoms. The van der Waals surface area contributed by atoms with Crippen LogP contribution in [0, 0.1) is 13.8 Å². The van der Waals surface area contributed by atoms with E-state index in [2.05, 4.69) is 35.4 Å². The first kappa shape index (κ1) is 17.0. The van der Waals surface area contributed by atoms with E-state index in [1.807, 2.05) is 23.1 Å². The smallest absolute Gasteiger partial charge is 0.255 e. The maximum Gasteiger partial charge on any atom is 0.255 e. The van der Waals surface area contributed by atoms with Crippen molar-refractivity contribution >= 4 is 11.6 Å². The summed E-state index contributed by atoms with van der Waals surface area (Å²) in [7, 11) is 1.70. The number of carbonyl (C=O) groups is 1. The van der Waals surface area contributed by atoms with Crippen molar-refractivity contribution in [2.75, 3.05) is 38.2 Å². The number of methoxy groups -OCH3 is 1. The molecule has 1 aliphatic carbocycles. The molecule has 0 spiro atoms. The standard InChI is InChI=1S/C21H27N3O2/c1-15-14-18(16(2)24(15)17-8-9-17)21(25)23-12-10-22(11-13-23)19-6-4-5-7-20(19)26-3/h4-7,14,17H,8-13H2,1-3H3. The lowest BCUT2D eigenvalue weighted by molar-refractivity contribution is 0.0746. The number of amides is 1. The van der Waals surface area contributed by atoms with Gasteiger partial charge in [0.2, 0.25) is 0 Å². The van der Waals surface area contributed by atoms with Gasteiger partial charge in [-0.05, 0) is 44.9 Å². The van der Waals surface area contributed by atoms with E-state index in [4.69, 9.17) is 4.74 Å². The molecule has 1 amide bonds. The molecular weight excluding hydrogens is 326 g/mol. The number of piperazine rings is 1. The van der Waals surface area contributed by atoms with Crippen LogP contribution in [-0.2, 0) is 0 Å². The first-order valence-electron chi connectivity index (χ1n) is 9.46. The summed E-state index contributed by atoms with van der Waals surface area (Å²) in [6.07, 6.45) is 2.48. The molecule has 2 fully saturated rings. The number of aromatic nitrogens is 1. The number of carbonyl (C=O) groups excluding carboxylic acids is 1. The summed E-state index contributed by atoms with van der Waals surface area (Å²) in [5.41, 5.74) is 4.32. The van der Waals surface area contributed by atoms with Crippen molar-refractivity contribution in [2.45, 2.75) is 32.7 Å². The van der Waals surface area contributed by atoms with E-state index in [1.54, 1.807) is 7.11 Å². The number of aryl methyl sites for hydroxylation is 1. The SMILES string of the molecule is COc1ccccc1N1CCN(C(=O)c2cc(C)n(C3CC3)c2C)CC1. The third-order valence-corrected chi connectivity index (χ3v) is 5.62. The average molecular weight is 353 g/mol. The number of benzene rings is 1. The molecule has 2 heterocycles. The molecule has 0 N–H and O–H groups in total. The normalized spacial score (nSPS) is 17.5. The van der Waals surface area contributed by atoms with Gasteiger partial charge in [-0.2, -0.15) is 0 Å². The summed E-state index contributed by atoms with van der Waals surface area (Å²) in [6.45, 7) is 7.33. The van der Waals surface area contributed by atoms with Crippen LogP contribution < -0.4 is 9.64 Å². The van der Waals surface area contributed by atoms with Gasteiger partial charge in [0.05, 0.1) is 18.4 Å². The molecule has 0 unspecified atom stereocenters. The Balaban J connectivity index is 1.46. The molecule has 138 valence electrons. The van der Waals surface area contributed by atoms with Gasteiger partial charge >= 0.3 is 0 Å². The summed E-state index contributed by atoms with van der Waals surface area (Å²) in [4.78, 5) is 17.4. The van der Waals surface area contributed by atoms with Crippen LogP contribution in [0.15, 0.2) is 30.3 Å². The van der Waals surface area contributed by atoms with Crippen LogP contribution in [0.1, 0.15) is 40.6 Å². The first-order chi connectivity index (χ1) is 12.6. The second-order valence-corrected chi connectivity index (χ2v) is 7.34. The lowest BCUT2D eigenvalue weighted by Crippen LogP contribution is -2.49. The van der Waals surface area contributed by atoms with Crippen molar-refractivity contribution < 1.29 is 9.53 Å². The molecule has 0 atom stereocenters. The third kappa shape index (κ3) is 2.96. The fraction of sp³-hybridized carbons (Fsp3) is 0.476. The van der Waals surface area contributed by atoms with Crippen molar-refractivity contribution in [1.82, 2.24) is 9.47 Å². The quantitative estimate of drug-likeness (QED) is 0.845. The largest absolute Gasteiger partial charge is 0.495 e. The zero-order chi connectivity index (χ0) is 18.3. The highest BCUT2D eigenvalue weighted by Crippen LogP contribution is 2.38. The fourth-order valence-electron chi connectivity index (χ4n) is 4.10. The van der Waals surface area contributed by atoms with Gasteiger partial charge < -0.3 is 19.1 Å². The minimum absolute atomic E-state index is 0.171. The first-order valence-corrected chi connectivity index (χ1v) is 9.46. The fourth-order valence-corrected chi connectivity index (χ4v) is 4.10. The van der Waals surface area contributed by atoms with Crippen molar-refractivity contribution in [3.05, 3.63) is 47.3 Å². The van der Waals surface area contributed by atoms with Crippen LogP contribution in [0.2, 0.25) is 0 Å². The van der Waals surface area contributed by atoms with Crippen LogP contribution in [-0.4, -0.2) is 48.7 Å². The van der Waals surface area contributed by atoms with Crippen molar-refractivity contribution in [3.8, 4) is 5.75 Å². The summed E-state index contributed by atoms with van der Waals surface area (Å²) >= 11 is 0. The molecule has 2 aliphatic rings. The van der Waals surface area contributed by atoms with E-state index >= 15 is 0 Å². The molecule has 2 aromatic rings. The molecule has 4 rings (SSSR count). The predicted molar refractivity (Wildman–Crippen MR) is 103 cm³/mol. The lowest BCUT2D eigenvalue weighted by atomic mass is 10.2. The maximum atomic E-state index is 13.1. The van der Waals surface area contributed by atoms with Gasteiger partial charge in [-0.15, -0.1) is 0 Å². The Labute approximate surface area is 155 Å². The molecule has 0 bridgehead atoms. The Hall–Kier alpha value is -2.43. The van der Waals surface area contributed by atoms with E-state index in [0.717, 1.165) is 48.9 Å². The molecule has 5 heteroatoms. The number of anilines is 1. The van der Waals surface area contributed by atoms with E-state index in [-0.39, 0.29) is 5.91 Å². The number of nitrogens with zero attached hydrogens (tertiary/aromatic N) is 3. The highest BCUT2D eigenvalue weighted by atomic mass is 16.5. The Bertz CT molecular complexity index is 815. The second-order valence-electron chi connectivity index (χ2n) is 7.34. The topological polar surface area (TPSA) is 37.7 Å². The van der Waals surface area contributed by atoms with E-state index < -0.39 is 0 Å². The van der Waals surface area contributed by atoms with Crippen LogP contribution in [0.5, 0.6) is 5.75 Å². The molecule has 1 aromatic heterocycles. The van der Waals surface area contributed by atoms with Crippen molar-refractivity contribution in [1.29, 1.82) is 0 Å². The number of hydrogen-bond donors (Lipinski definition) is 0. The number of hydrogen-bond acceptors (Lipinski definition) is 3. The van der Waals surface area contributed by atoms with Crippen LogP contribution >= 0.6 is 0 Å². The van der Waals surface area contributed by atoms with Gasteiger partial charge in [0.25, 0.3) is 5.91 Å². The summed E-state index contributed by atoms with van der Waals surface area (Å²) in [6, 6.07) is 10.8. The molecule has 5 nitrogen and oxygen atoms in total. The molecule has 0 radical (unpaired) electrons. The van der Waals surface area contributed by atoms with Crippen LogP contribution in [0.3, 0.4) is 0 Å². The van der Waals surface area contributed by atoms with E-state index in [9.17, 15) is 4.79 Å². The Kier molecular flexibility index (Phi) is 4.39. The Morgan fingerprint density at radius 2 is 1.77 bits per heavy atom. The monoisotopic (exact) mass is 353 g/mol. The highest BCUT2D eigenvalue weighted by molar-refractivity contribution is 5.96. The number of ether oxygens (including phenoxy) is 1. The maximum absolute atomic E-state index is 13.1. The van der Waals surface area contributed by atoms with Crippen molar-refractivity contribution in [2.24, 2.45) is 0 Å². The summed E-state index contributed by atoms with van der Waals surface area (Å²) < 4.78 is 7.82. The van der Waals surface area contributed by atoms with Gasteiger partial charge in [-0.3, -0.25) is 4.79 Å². The summed E-state index contributed by atoms with van der Waals surface area (Å²) in [5.74, 6) is 1.06. The van der Waals surface area contributed by atoms with Gasteiger partial charge in [0, 0.05) is 43.6 Å². The molecule has 1 aromatic carbocycles.